The number of hydrogen-bond donors (Lipinski definition) is 2. The molecule has 0 aromatic heterocycles. The molecule has 0 saturated carbocycles. The minimum Gasteiger partial charge on any atom is -0.454 e. The molecular formula is C18H23N3O5. The number of rotatable bonds is 6. The SMILES string of the molecule is CC(C)[C@H](NC(=O)Nc1ccccc1)C(=O)OCC(=O)N1CCCC1=O. The summed E-state index contributed by atoms with van der Waals surface area (Å²) in [4.78, 5) is 48.9. The molecule has 26 heavy (non-hydrogen) atoms. The molecule has 0 radical (unpaired) electrons. The fourth-order valence-corrected chi connectivity index (χ4v) is 2.54. The number of hydrogen-bond acceptors (Lipinski definition) is 5. The molecule has 1 aromatic carbocycles. The molecule has 1 atom stereocenters. The van der Waals surface area contributed by atoms with Crippen LogP contribution in [0, 0.1) is 5.92 Å². The van der Waals surface area contributed by atoms with Crippen molar-refractivity contribution in [3.63, 3.8) is 0 Å². The van der Waals surface area contributed by atoms with Crippen molar-refractivity contribution < 1.29 is 23.9 Å². The third-order valence-corrected chi connectivity index (χ3v) is 3.95. The highest BCUT2D eigenvalue weighted by Gasteiger charge is 2.30. The number of anilines is 1. The van der Waals surface area contributed by atoms with Crippen LogP contribution in [0.25, 0.3) is 0 Å². The molecule has 1 aliphatic heterocycles. The lowest BCUT2D eigenvalue weighted by Crippen LogP contribution is -2.48. The van der Waals surface area contributed by atoms with Crippen LogP contribution in [0.1, 0.15) is 26.7 Å². The summed E-state index contributed by atoms with van der Waals surface area (Å²) in [5, 5.41) is 5.17. The lowest BCUT2D eigenvalue weighted by atomic mass is 10.1. The van der Waals surface area contributed by atoms with E-state index < -0.39 is 30.6 Å². The Hall–Kier alpha value is -2.90. The fourth-order valence-electron chi connectivity index (χ4n) is 2.54. The third-order valence-electron chi connectivity index (χ3n) is 3.95. The Balaban J connectivity index is 1.87. The first-order chi connectivity index (χ1) is 12.4. The normalized spacial score (nSPS) is 14.9. The molecule has 0 aliphatic carbocycles. The molecule has 1 aliphatic rings. The highest BCUT2D eigenvalue weighted by Crippen LogP contribution is 2.11. The molecule has 4 amide bonds. The summed E-state index contributed by atoms with van der Waals surface area (Å²) in [6, 6.07) is 7.33. The number of likely N-dealkylation sites (tertiary alicyclic amines) is 1. The highest BCUT2D eigenvalue weighted by atomic mass is 16.5. The summed E-state index contributed by atoms with van der Waals surface area (Å²) in [7, 11) is 0. The van der Waals surface area contributed by atoms with Gasteiger partial charge in [0, 0.05) is 18.7 Å². The molecule has 0 spiro atoms. The second-order valence-electron chi connectivity index (χ2n) is 6.34. The number of amides is 4. The third kappa shape index (κ3) is 5.30. The molecule has 2 N–H and O–H groups in total. The van der Waals surface area contributed by atoms with Gasteiger partial charge in [-0.25, -0.2) is 9.59 Å². The van der Waals surface area contributed by atoms with Crippen molar-refractivity contribution in [1.82, 2.24) is 10.2 Å². The van der Waals surface area contributed by atoms with Gasteiger partial charge in [-0.2, -0.15) is 0 Å². The van der Waals surface area contributed by atoms with Gasteiger partial charge in [0.2, 0.25) is 5.91 Å². The molecule has 0 bridgehead atoms. The quantitative estimate of drug-likeness (QED) is 0.748. The van der Waals surface area contributed by atoms with E-state index in [0.717, 1.165) is 4.90 Å². The van der Waals surface area contributed by atoms with Gasteiger partial charge >= 0.3 is 12.0 Å². The maximum atomic E-state index is 12.3. The summed E-state index contributed by atoms with van der Waals surface area (Å²) in [5.41, 5.74) is 0.587. The standard InChI is InChI=1S/C18H23N3O5/c1-12(2)16(20-18(25)19-13-7-4-3-5-8-13)17(24)26-11-15(23)21-10-6-9-14(21)22/h3-5,7-8,12,16H,6,9-11H2,1-2H3,(H2,19,20,25)/t16-/m0/s1. The van der Waals surface area contributed by atoms with Gasteiger partial charge in [-0.15, -0.1) is 0 Å². The molecule has 8 heteroatoms. The maximum absolute atomic E-state index is 12.3. The predicted molar refractivity (Wildman–Crippen MR) is 94.1 cm³/mol. The topological polar surface area (TPSA) is 105 Å². The summed E-state index contributed by atoms with van der Waals surface area (Å²) >= 11 is 0. The minimum atomic E-state index is -0.916. The van der Waals surface area contributed by atoms with Gasteiger partial charge in [0.05, 0.1) is 0 Å². The Labute approximate surface area is 151 Å². The minimum absolute atomic E-state index is 0.243. The van der Waals surface area contributed by atoms with Crippen LogP contribution in [0.5, 0.6) is 0 Å². The second-order valence-corrected chi connectivity index (χ2v) is 6.34. The molecule has 1 fully saturated rings. The van der Waals surface area contributed by atoms with Crippen molar-refractivity contribution in [3.8, 4) is 0 Å². The van der Waals surface area contributed by atoms with Gasteiger partial charge in [0.15, 0.2) is 6.61 Å². The van der Waals surface area contributed by atoms with E-state index in [4.69, 9.17) is 4.74 Å². The van der Waals surface area contributed by atoms with E-state index in [1.807, 2.05) is 6.07 Å². The van der Waals surface area contributed by atoms with Crippen LogP contribution in [0.2, 0.25) is 0 Å². The average Bonchev–Trinajstić information content (AvgIpc) is 3.04. The van der Waals surface area contributed by atoms with Crippen molar-refractivity contribution >= 4 is 29.5 Å². The highest BCUT2D eigenvalue weighted by molar-refractivity contribution is 5.98. The van der Waals surface area contributed by atoms with Gasteiger partial charge in [0.1, 0.15) is 6.04 Å². The van der Waals surface area contributed by atoms with E-state index in [0.29, 0.717) is 25.1 Å². The van der Waals surface area contributed by atoms with Crippen LogP contribution >= 0.6 is 0 Å². The lowest BCUT2D eigenvalue weighted by molar-refractivity contribution is -0.156. The second kappa shape index (κ2) is 8.98. The van der Waals surface area contributed by atoms with Crippen LogP contribution in [0.15, 0.2) is 30.3 Å². The van der Waals surface area contributed by atoms with Gasteiger partial charge in [-0.1, -0.05) is 32.0 Å². The smallest absolute Gasteiger partial charge is 0.329 e. The molecule has 0 unspecified atom stereocenters. The summed E-state index contributed by atoms with van der Waals surface area (Å²) in [6.45, 7) is 3.33. The molecule has 1 aromatic rings. The Morgan fingerprint density at radius 2 is 1.88 bits per heavy atom. The van der Waals surface area contributed by atoms with Crippen LogP contribution in [-0.2, 0) is 19.1 Å². The first kappa shape index (κ1) is 19.4. The Morgan fingerprint density at radius 1 is 1.19 bits per heavy atom. The predicted octanol–water partition coefficient (Wildman–Crippen LogP) is 1.52. The fraction of sp³-hybridized carbons (Fsp3) is 0.444. The first-order valence-corrected chi connectivity index (χ1v) is 8.51. The number of carbonyl (C=O) groups is 4. The summed E-state index contributed by atoms with van der Waals surface area (Å²) in [6.07, 6.45) is 0.948. The van der Waals surface area contributed by atoms with Crippen molar-refractivity contribution in [3.05, 3.63) is 30.3 Å². The van der Waals surface area contributed by atoms with Crippen LogP contribution in [-0.4, -0.2) is 47.9 Å². The van der Waals surface area contributed by atoms with E-state index in [9.17, 15) is 19.2 Å². The molecule has 140 valence electrons. The van der Waals surface area contributed by atoms with E-state index in [1.165, 1.54) is 0 Å². The summed E-state index contributed by atoms with van der Waals surface area (Å²) < 4.78 is 5.01. The summed E-state index contributed by atoms with van der Waals surface area (Å²) in [5.74, 6) is -1.76. The van der Waals surface area contributed by atoms with Crippen molar-refractivity contribution in [2.24, 2.45) is 5.92 Å². The molecule has 1 heterocycles. The molecule has 1 saturated heterocycles. The number of benzene rings is 1. The average molecular weight is 361 g/mol. The monoisotopic (exact) mass is 361 g/mol. The van der Waals surface area contributed by atoms with Gasteiger partial charge < -0.3 is 15.4 Å². The molecular weight excluding hydrogens is 338 g/mol. The Morgan fingerprint density at radius 3 is 2.46 bits per heavy atom. The van der Waals surface area contributed by atoms with Crippen LogP contribution in [0.3, 0.4) is 0 Å². The van der Waals surface area contributed by atoms with E-state index in [2.05, 4.69) is 10.6 Å². The lowest BCUT2D eigenvalue weighted by Gasteiger charge is -2.21. The van der Waals surface area contributed by atoms with Gasteiger partial charge in [-0.3, -0.25) is 14.5 Å². The van der Waals surface area contributed by atoms with Gasteiger partial charge in [-0.05, 0) is 24.5 Å². The number of nitrogens with zero attached hydrogens (tertiary/aromatic N) is 1. The van der Waals surface area contributed by atoms with E-state index >= 15 is 0 Å². The maximum Gasteiger partial charge on any atom is 0.329 e. The molecule has 8 nitrogen and oxygen atoms in total. The first-order valence-electron chi connectivity index (χ1n) is 8.51. The number of nitrogens with one attached hydrogen (secondary N) is 2. The Bertz CT molecular complexity index is 675. The van der Waals surface area contributed by atoms with E-state index in [1.54, 1.807) is 38.1 Å². The largest absolute Gasteiger partial charge is 0.454 e. The van der Waals surface area contributed by atoms with Crippen molar-refractivity contribution in [2.75, 3.05) is 18.5 Å². The number of esters is 1. The van der Waals surface area contributed by atoms with Crippen molar-refractivity contribution in [1.29, 1.82) is 0 Å². The molecule has 2 rings (SSSR count). The zero-order valence-electron chi connectivity index (χ0n) is 14.9. The number of para-hydroxylation sites is 1. The van der Waals surface area contributed by atoms with Crippen molar-refractivity contribution in [2.45, 2.75) is 32.7 Å². The zero-order chi connectivity index (χ0) is 19.1. The number of carbonyl (C=O) groups excluding carboxylic acids is 4. The number of imide groups is 1. The number of urea groups is 1. The zero-order valence-corrected chi connectivity index (χ0v) is 14.9. The van der Waals surface area contributed by atoms with Crippen LogP contribution in [0.4, 0.5) is 10.5 Å². The van der Waals surface area contributed by atoms with Gasteiger partial charge in [0.25, 0.3) is 5.91 Å². The Kier molecular flexibility index (Phi) is 6.71. The van der Waals surface area contributed by atoms with Crippen LogP contribution < -0.4 is 10.6 Å². The number of ether oxygens (including phenoxy) is 1. The van der Waals surface area contributed by atoms with E-state index in [-0.39, 0.29) is 11.8 Å².